The first kappa shape index (κ1) is 11.6. The van der Waals surface area contributed by atoms with E-state index in [1.54, 1.807) is 30.5 Å². The van der Waals surface area contributed by atoms with Crippen LogP contribution in [0, 0.1) is 0 Å². The van der Waals surface area contributed by atoms with Crippen molar-refractivity contribution in [2.75, 3.05) is 11.1 Å². The highest BCUT2D eigenvalue weighted by atomic mass is 79.9. The first-order valence-corrected chi connectivity index (χ1v) is 5.73. The molecule has 86 valence electrons. The molecule has 1 aromatic carbocycles. The van der Waals surface area contributed by atoms with Crippen LogP contribution in [-0.4, -0.2) is 10.9 Å². The molecule has 4 nitrogen and oxygen atoms in total. The van der Waals surface area contributed by atoms with Crippen LogP contribution in [0.4, 0.5) is 11.5 Å². The third-order valence-electron chi connectivity index (χ3n) is 2.19. The van der Waals surface area contributed by atoms with Gasteiger partial charge < -0.3 is 11.1 Å². The van der Waals surface area contributed by atoms with Crippen LogP contribution in [0.1, 0.15) is 10.4 Å². The molecule has 0 atom stereocenters. The molecule has 3 N–H and O–H groups in total. The molecular formula is C12H10BrN3O. The maximum Gasteiger partial charge on any atom is 0.259 e. The average molecular weight is 292 g/mol. The number of pyridine rings is 1. The third-order valence-corrected chi connectivity index (χ3v) is 2.71. The molecule has 0 radical (unpaired) electrons. The number of amides is 1. The van der Waals surface area contributed by atoms with Crippen LogP contribution in [0.15, 0.2) is 47.1 Å². The number of hydrogen-bond acceptors (Lipinski definition) is 3. The summed E-state index contributed by atoms with van der Waals surface area (Å²) in [6.45, 7) is 0. The fourth-order valence-electron chi connectivity index (χ4n) is 1.34. The lowest BCUT2D eigenvalue weighted by molar-refractivity contribution is 0.102. The van der Waals surface area contributed by atoms with Gasteiger partial charge in [0.2, 0.25) is 0 Å². The molecule has 1 heterocycles. The summed E-state index contributed by atoms with van der Waals surface area (Å²) in [6.07, 6.45) is 1.55. The molecule has 1 aromatic heterocycles. The van der Waals surface area contributed by atoms with Gasteiger partial charge in [0, 0.05) is 16.4 Å². The molecule has 2 rings (SSSR count). The molecular weight excluding hydrogens is 282 g/mol. The maximum absolute atomic E-state index is 11.9. The first-order chi connectivity index (χ1) is 8.16. The van der Waals surface area contributed by atoms with Gasteiger partial charge in [-0.05, 0) is 36.4 Å². The number of nitrogens with two attached hydrogens (primary N) is 1. The fraction of sp³-hybridized carbons (Fsp3) is 0. The van der Waals surface area contributed by atoms with Crippen molar-refractivity contribution in [2.45, 2.75) is 0 Å². The number of nitrogens with zero attached hydrogens (tertiary/aromatic N) is 1. The van der Waals surface area contributed by atoms with E-state index in [0.717, 1.165) is 4.47 Å². The number of rotatable bonds is 2. The number of aromatic nitrogens is 1. The largest absolute Gasteiger partial charge is 0.383 e. The minimum Gasteiger partial charge on any atom is -0.383 e. The number of nitrogens with one attached hydrogen (secondary N) is 1. The molecule has 0 saturated heterocycles. The Kier molecular flexibility index (Phi) is 3.39. The van der Waals surface area contributed by atoms with Crippen LogP contribution in [0.25, 0.3) is 0 Å². The van der Waals surface area contributed by atoms with E-state index in [0.29, 0.717) is 11.3 Å². The summed E-state index contributed by atoms with van der Waals surface area (Å²) in [5, 5.41) is 2.75. The second-order valence-corrected chi connectivity index (χ2v) is 4.31. The molecule has 0 unspecified atom stereocenters. The fourth-order valence-corrected chi connectivity index (χ4v) is 1.61. The molecule has 0 bridgehead atoms. The molecule has 0 aliphatic rings. The summed E-state index contributed by atoms with van der Waals surface area (Å²) < 4.78 is 0.955. The number of carbonyl (C=O) groups excluding carboxylic acids is 1. The lowest BCUT2D eigenvalue weighted by atomic mass is 10.2. The lowest BCUT2D eigenvalue weighted by Gasteiger charge is -2.06. The van der Waals surface area contributed by atoms with Gasteiger partial charge in [0.1, 0.15) is 5.82 Å². The zero-order valence-electron chi connectivity index (χ0n) is 8.85. The highest BCUT2D eigenvalue weighted by molar-refractivity contribution is 9.10. The normalized spacial score (nSPS) is 9.94. The number of anilines is 2. The van der Waals surface area contributed by atoms with Crippen molar-refractivity contribution in [3.63, 3.8) is 0 Å². The van der Waals surface area contributed by atoms with Gasteiger partial charge in [0.05, 0.1) is 5.56 Å². The average Bonchev–Trinajstić information content (AvgIpc) is 2.32. The monoisotopic (exact) mass is 291 g/mol. The summed E-state index contributed by atoms with van der Waals surface area (Å²) in [5.41, 5.74) is 6.70. The summed E-state index contributed by atoms with van der Waals surface area (Å²) in [4.78, 5) is 15.7. The summed E-state index contributed by atoms with van der Waals surface area (Å²) in [6, 6.07) is 10.6. The van der Waals surface area contributed by atoms with Gasteiger partial charge in [0.25, 0.3) is 5.91 Å². The summed E-state index contributed by atoms with van der Waals surface area (Å²) in [7, 11) is 0. The van der Waals surface area contributed by atoms with Gasteiger partial charge in [-0.3, -0.25) is 4.79 Å². The van der Waals surface area contributed by atoms with Crippen LogP contribution < -0.4 is 11.1 Å². The predicted molar refractivity (Wildman–Crippen MR) is 70.7 cm³/mol. The van der Waals surface area contributed by atoms with E-state index in [-0.39, 0.29) is 11.7 Å². The van der Waals surface area contributed by atoms with Crippen molar-refractivity contribution in [1.82, 2.24) is 4.98 Å². The topological polar surface area (TPSA) is 68.0 Å². The van der Waals surface area contributed by atoms with Gasteiger partial charge in [0.15, 0.2) is 0 Å². The molecule has 0 saturated carbocycles. The SMILES string of the molecule is Nc1ncccc1C(=O)Nc1ccc(Br)cc1. The Hall–Kier alpha value is -1.88. The zero-order valence-corrected chi connectivity index (χ0v) is 10.4. The first-order valence-electron chi connectivity index (χ1n) is 4.94. The second kappa shape index (κ2) is 4.97. The zero-order chi connectivity index (χ0) is 12.3. The molecule has 1 amide bonds. The second-order valence-electron chi connectivity index (χ2n) is 3.40. The molecule has 0 fully saturated rings. The Morgan fingerprint density at radius 1 is 1.24 bits per heavy atom. The highest BCUT2D eigenvalue weighted by Crippen LogP contribution is 2.16. The van der Waals surface area contributed by atoms with Gasteiger partial charge in [-0.15, -0.1) is 0 Å². The van der Waals surface area contributed by atoms with Crippen molar-refractivity contribution >= 4 is 33.3 Å². The number of carbonyl (C=O) groups is 1. The van der Waals surface area contributed by atoms with Gasteiger partial charge >= 0.3 is 0 Å². The Balaban J connectivity index is 2.17. The standard InChI is InChI=1S/C12H10BrN3O/c13-8-3-5-9(6-4-8)16-12(17)10-2-1-7-15-11(10)14/h1-7H,(H2,14,15)(H,16,17). The van der Waals surface area contributed by atoms with Crippen LogP contribution in [0.5, 0.6) is 0 Å². The molecule has 17 heavy (non-hydrogen) atoms. The number of benzene rings is 1. The Morgan fingerprint density at radius 2 is 1.94 bits per heavy atom. The highest BCUT2D eigenvalue weighted by Gasteiger charge is 2.09. The van der Waals surface area contributed by atoms with Gasteiger partial charge in [-0.25, -0.2) is 4.98 Å². The number of halogens is 1. The smallest absolute Gasteiger partial charge is 0.259 e. The van der Waals surface area contributed by atoms with Gasteiger partial charge in [-0.2, -0.15) is 0 Å². The Bertz CT molecular complexity index is 540. The van der Waals surface area contributed by atoms with Crippen molar-refractivity contribution in [3.05, 3.63) is 52.6 Å². The van der Waals surface area contributed by atoms with Crippen LogP contribution >= 0.6 is 15.9 Å². The van der Waals surface area contributed by atoms with E-state index < -0.39 is 0 Å². The van der Waals surface area contributed by atoms with E-state index in [1.165, 1.54) is 0 Å². The van der Waals surface area contributed by atoms with Crippen LogP contribution in [-0.2, 0) is 0 Å². The summed E-state index contributed by atoms with van der Waals surface area (Å²) in [5.74, 6) is -0.0416. The number of nitrogen functional groups attached to an aromatic ring is 1. The maximum atomic E-state index is 11.9. The van der Waals surface area contributed by atoms with Crippen molar-refractivity contribution in [1.29, 1.82) is 0 Å². The van der Waals surface area contributed by atoms with Crippen molar-refractivity contribution in [2.24, 2.45) is 0 Å². The number of hydrogen-bond donors (Lipinski definition) is 2. The Labute approximate surface area is 107 Å². The predicted octanol–water partition coefficient (Wildman–Crippen LogP) is 2.68. The van der Waals surface area contributed by atoms with E-state index in [9.17, 15) is 4.79 Å². The van der Waals surface area contributed by atoms with Crippen molar-refractivity contribution < 1.29 is 4.79 Å². The Morgan fingerprint density at radius 3 is 2.59 bits per heavy atom. The third kappa shape index (κ3) is 2.82. The van der Waals surface area contributed by atoms with E-state index in [1.807, 2.05) is 12.1 Å². The minimum atomic E-state index is -0.266. The molecule has 0 aliphatic heterocycles. The lowest BCUT2D eigenvalue weighted by Crippen LogP contribution is -2.14. The quantitative estimate of drug-likeness (QED) is 0.894. The molecule has 5 heteroatoms. The van der Waals surface area contributed by atoms with Crippen molar-refractivity contribution in [3.8, 4) is 0 Å². The van der Waals surface area contributed by atoms with Gasteiger partial charge in [-0.1, -0.05) is 15.9 Å². The minimum absolute atomic E-state index is 0.224. The molecule has 0 aliphatic carbocycles. The molecule has 2 aromatic rings. The van der Waals surface area contributed by atoms with E-state index in [4.69, 9.17) is 5.73 Å². The summed E-state index contributed by atoms with van der Waals surface area (Å²) >= 11 is 3.33. The van der Waals surface area contributed by atoms with E-state index in [2.05, 4.69) is 26.2 Å². The van der Waals surface area contributed by atoms with E-state index >= 15 is 0 Å². The van der Waals surface area contributed by atoms with Crippen LogP contribution in [0.3, 0.4) is 0 Å². The van der Waals surface area contributed by atoms with Crippen LogP contribution in [0.2, 0.25) is 0 Å². The molecule has 0 spiro atoms.